The zero-order valence-corrected chi connectivity index (χ0v) is 13.2. The molecule has 0 aliphatic rings. The van der Waals surface area contributed by atoms with Crippen LogP contribution in [-0.2, 0) is 0 Å². The average Bonchev–Trinajstić information content (AvgIpc) is 2.89. The fraction of sp³-hybridized carbons (Fsp3) is 0.429. The van der Waals surface area contributed by atoms with Crippen LogP contribution in [0.25, 0.3) is 10.6 Å². The monoisotopic (exact) mass is 309 g/mol. The number of hydrogen-bond donors (Lipinski definition) is 1. The molecule has 1 aromatic heterocycles. The van der Waals surface area contributed by atoms with Crippen LogP contribution < -0.4 is 19.9 Å². The number of nitrogens with zero attached hydrogens (tertiary/aromatic N) is 2. The van der Waals surface area contributed by atoms with Crippen molar-refractivity contribution >= 4 is 16.5 Å². The second-order valence-corrected chi connectivity index (χ2v) is 5.06. The Labute approximate surface area is 127 Å². The van der Waals surface area contributed by atoms with E-state index in [-0.39, 0.29) is 0 Å². The predicted molar refractivity (Wildman–Crippen MR) is 83.3 cm³/mol. The Morgan fingerprint density at radius 2 is 1.52 bits per heavy atom. The summed E-state index contributed by atoms with van der Waals surface area (Å²) in [5, 5.41) is 9.04. The zero-order valence-electron chi connectivity index (χ0n) is 12.4. The number of anilines is 1. The summed E-state index contributed by atoms with van der Waals surface area (Å²) in [6.07, 6.45) is 0. The van der Waals surface area contributed by atoms with Crippen LogP contribution in [-0.4, -0.2) is 30.0 Å². The largest absolute Gasteiger partial charge is 0.490 e. The minimum atomic E-state index is 0.426. The van der Waals surface area contributed by atoms with Crippen molar-refractivity contribution < 1.29 is 14.2 Å². The topological polar surface area (TPSA) is 79.5 Å². The van der Waals surface area contributed by atoms with Gasteiger partial charge in [0.05, 0.1) is 19.8 Å². The molecule has 0 amide bonds. The molecular formula is C14H19N3O3S. The van der Waals surface area contributed by atoms with Gasteiger partial charge in [0.25, 0.3) is 0 Å². The number of nitrogens with two attached hydrogens (primary N) is 1. The van der Waals surface area contributed by atoms with E-state index in [0.29, 0.717) is 42.2 Å². The van der Waals surface area contributed by atoms with Gasteiger partial charge in [0.15, 0.2) is 11.5 Å². The van der Waals surface area contributed by atoms with Crippen LogP contribution in [0.1, 0.15) is 20.8 Å². The maximum Gasteiger partial charge on any atom is 0.203 e. The van der Waals surface area contributed by atoms with Crippen molar-refractivity contribution in [2.24, 2.45) is 0 Å². The van der Waals surface area contributed by atoms with E-state index in [2.05, 4.69) is 10.2 Å². The summed E-state index contributed by atoms with van der Waals surface area (Å²) in [5.41, 5.74) is 6.49. The Morgan fingerprint density at radius 3 is 1.95 bits per heavy atom. The van der Waals surface area contributed by atoms with E-state index in [4.69, 9.17) is 19.9 Å². The minimum absolute atomic E-state index is 0.426. The molecule has 1 heterocycles. The third-order valence-corrected chi connectivity index (χ3v) is 3.40. The van der Waals surface area contributed by atoms with Gasteiger partial charge in [-0.05, 0) is 32.9 Å². The standard InChI is InChI=1S/C14H19N3O3S/c1-4-18-10-7-9(13-16-17-14(15)21-13)8-11(19-5-2)12(10)20-6-3/h7-8H,4-6H2,1-3H3,(H2,15,17). The number of benzene rings is 1. The summed E-state index contributed by atoms with van der Waals surface area (Å²) in [4.78, 5) is 0. The normalized spacial score (nSPS) is 10.4. The lowest BCUT2D eigenvalue weighted by Gasteiger charge is -2.16. The van der Waals surface area contributed by atoms with Crippen LogP contribution in [0.5, 0.6) is 17.2 Å². The first-order valence-corrected chi connectivity index (χ1v) is 7.67. The number of hydrogen-bond acceptors (Lipinski definition) is 7. The lowest BCUT2D eigenvalue weighted by molar-refractivity contribution is 0.261. The molecule has 1 aromatic carbocycles. The first kappa shape index (κ1) is 15.4. The molecule has 0 saturated heterocycles. The molecule has 0 aliphatic heterocycles. The molecule has 0 bridgehead atoms. The summed E-state index contributed by atoms with van der Waals surface area (Å²) < 4.78 is 17.0. The van der Waals surface area contributed by atoms with Crippen molar-refractivity contribution in [3.05, 3.63) is 12.1 Å². The number of rotatable bonds is 7. The first-order valence-electron chi connectivity index (χ1n) is 6.85. The van der Waals surface area contributed by atoms with Gasteiger partial charge in [-0.15, -0.1) is 10.2 Å². The molecule has 0 spiro atoms. The highest BCUT2D eigenvalue weighted by Crippen LogP contribution is 2.42. The van der Waals surface area contributed by atoms with Crippen molar-refractivity contribution in [3.8, 4) is 27.8 Å². The van der Waals surface area contributed by atoms with E-state index in [9.17, 15) is 0 Å². The van der Waals surface area contributed by atoms with Gasteiger partial charge in [0.2, 0.25) is 10.9 Å². The Balaban J connectivity index is 2.51. The van der Waals surface area contributed by atoms with Gasteiger partial charge in [0, 0.05) is 5.56 Å². The highest BCUT2D eigenvalue weighted by molar-refractivity contribution is 7.18. The van der Waals surface area contributed by atoms with Crippen LogP contribution in [0.3, 0.4) is 0 Å². The Kier molecular flexibility index (Phi) is 5.21. The van der Waals surface area contributed by atoms with Crippen LogP contribution in [0.4, 0.5) is 5.13 Å². The second-order valence-electron chi connectivity index (χ2n) is 4.05. The summed E-state index contributed by atoms with van der Waals surface area (Å²) in [7, 11) is 0. The third-order valence-electron chi connectivity index (χ3n) is 2.60. The van der Waals surface area contributed by atoms with E-state index in [0.717, 1.165) is 10.6 Å². The number of aromatic nitrogens is 2. The smallest absolute Gasteiger partial charge is 0.203 e. The second kappa shape index (κ2) is 7.12. The molecule has 0 fully saturated rings. The Hall–Kier alpha value is -2.02. The summed E-state index contributed by atoms with van der Waals surface area (Å²) in [5.74, 6) is 1.88. The fourth-order valence-electron chi connectivity index (χ4n) is 1.86. The maximum atomic E-state index is 5.67. The molecule has 2 N–H and O–H groups in total. The minimum Gasteiger partial charge on any atom is -0.490 e. The lowest BCUT2D eigenvalue weighted by Crippen LogP contribution is -2.02. The van der Waals surface area contributed by atoms with Gasteiger partial charge >= 0.3 is 0 Å². The Morgan fingerprint density at radius 1 is 0.952 bits per heavy atom. The third kappa shape index (κ3) is 3.55. The first-order chi connectivity index (χ1) is 10.2. The van der Waals surface area contributed by atoms with E-state index in [1.54, 1.807) is 0 Å². The molecule has 0 radical (unpaired) electrons. The molecule has 0 unspecified atom stereocenters. The molecule has 2 rings (SSSR count). The van der Waals surface area contributed by atoms with Crippen molar-refractivity contribution in [2.45, 2.75) is 20.8 Å². The van der Waals surface area contributed by atoms with Gasteiger partial charge in [-0.3, -0.25) is 0 Å². The molecule has 0 atom stereocenters. The summed E-state index contributed by atoms with van der Waals surface area (Å²) in [6, 6.07) is 3.74. The molecule has 114 valence electrons. The molecule has 7 heteroatoms. The van der Waals surface area contributed by atoms with Crippen molar-refractivity contribution in [2.75, 3.05) is 25.6 Å². The van der Waals surface area contributed by atoms with Crippen LogP contribution >= 0.6 is 11.3 Å². The maximum absolute atomic E-state index is 5.67. The highest BCUT2D eigenvalue weighted by atomic mass is 32.1. The molecule has 0 saturated carbocycles. The van der Waals surface area contributed by atoms with Crippen LogP contribution in [0.15, 0.2) is 12.1 Å². The fourth-order valence-corrected chi connectivity index (χ4v) is 2.46. The van der Waals surface area contributed by atoms with Gasteiger partial charge in [-0.25, -0.2) is 0 Å². The predicted octanol–water partition coefficient (Wildman–Crippen LogP) is 2.98. The number of ether oxygens (including phenoxy) is 3. The summed E-state index contributed by atoms with van der Waals surface area (Å²) in [6.45, 7) is 7.37. The average molecular weight is 309 g/mol. The number of nitrogen functional groups attached to an aromatic ring is 1. The van der Waals surface area contributed by atoms with E-state index in [1.807, 2.05) is 32.9 Å². The molecule has 0 aliphatic carbocycles. The molecule has 21 heavy (non-hydrogen) atoms. The Bertz CT molecular complexity index is 574. The zero-order chi connectivity index (χ0) is 15.2. The van der Waals surface area contributed by atoms with Gasteiger partial charge < -0.3 is 19.9 Å². The van der Waals surface area contributed by atoms with E-state index < -0.39 is 0 Å². The highest BCUT2D eigenvalue weighted by Gasteiger charge is 2.17. The van der Waals surface area contributed by atoms with Crippen molar-refractivity contribution in [1.82, 2.24) is 10.2 Å². The summed E-state index contributed by atoms with van der Waals surface area (Å²) >= 11 is 1.32. The molecule has 2 aromatic rings. The quantitative estimate of drug-likeness (QED) is 0.847. The van der Waals surface area contributed by atoms with Gasteiger partial charge in [-0.2, -0.15) is 0 Å². The van der Waals surface area contributed by atoms with Gasteiger partial charge in [0.1, 0.15) is 5.01 Å². The van der Waals surface area contributed by atoms with Crippen molar-refractivity contribution in [3.63, 3.8) is 0 Å². The van der Waals surface area contributed by atoms with E-state index >= 15 is 0 Å². The van der Waals surface area contributed by atoms with Crippen LogP contribution in [0, 0.1) is 0 Å². The van der Waals surface area contributed by atoms with Crippen molar-refractivity contribution in [1.29, 1.82) is 0 Å². The van der Waals surface area contributed by atoms with Gasteiger partial charge in [-0.1, -0.05) is 11.3 Å². The molecule has 6 nitrogen and oxygen atoms in total. The van der Waals surface area contributed by atoms with Crippen LogP contribution in [0.2, 0.25) is 0 Å². The van der Waals surface area contributed by atoms with E-state index in [1.165, 1.54) is 11.3 Å². The lowest BCUT2D eigenvalue weighted by atomic mass is 10.2. The SMILES string of the molecule is CCOc1cc(-c2nnc(N)s2)cc(OCC)c1OCC. The molecular weight excluding hydrogens is 290 g/mol.